The second-order valence-corrected chi connectivity index (χ2v) is 4.65. The zero-order valence-electron chi connectivity index (χ0n) is 10.3. The SMILES string of the molecule is Clc1ccc(-c2ccccc2)c(-c2ccccc2)n1. The molecule has 0 N–H and O–H groups in total. The second kappa shape index (κ2) is 5.25. The maximum Gasteiger partial charge on any atom is 0.129 e. The second-order valence-electron chi connectivity index (χ2n) is 4.26. The largest absolute Gasteiger partial charge is 0.235 e. The van der Waals surface area contributed by atoms with E-state index >= 15 is 0 Å². The topological polar surface area (TPSA) is 12.9 Å². The van der Waals surface area contributed by atoms with Crippen LogP contribution in [0, 0.1) is 0 Å². The zero-order valence-corrected chi connectivity index (χ0v) is 11.0. The molecule has 0 amide bonds. The van der Waals surface area contributed by atoms with E-state index < -0.39 is 0 Å². The number of halogens is 1. The van der Waals surface area contributed by atoms with Crippen molar-refractivity contribution in [3.63, 3.8) is 0 Å². The minimum absolute atomic E-state index is 0.513. The molecule has 0 aliphatic carbocycles. The first-order valence-corrected chi connectivity index (χ1v) is 6.50. The summed E-state index contributed by atoms with van der Waals surface area (Å²) in [5.74, 6) is 0. The molecule has 1 aromatic heterocycles. The molecule has 0 bridgehead atoms. The molecule has 0 radical (unpaired) electrons. The summed E-state index contributed by atoms with van der Waals surface area (Å²) in [6, 6.07) is 24.2. The molecule has 3 aromatic rings. The number of rotatable bonds is 2. The molecule has 0 aliphatic rings. The molecule has 1 nitrogen and oxygen atoms in total. The molecule has 1 heterocycles. The van der Waals surface area contributed by atoms with Crippen LogP contribution < -0.4 is 0 Å². The van der Waals surface area contributed by atoms with Crippen molar-refractivity contribution in [1.29, 1.82) is 0 Å². The Labute approximate surface area is 117 Å². The molecule has 0 unspecified atom stereocenters. The Bertz CT molecular complexity index is 678. The van der Waals surface area contributed by atoms with Gasteiger partial charge in [-0.25, -0.2) is 4.98 Å². The average molecular weight is 266 g/mol. The van der Waals surface area contributed by atoms with Gasteiger partial charge < -0.3 is 0 Å². The number of hydrogen-bond donors (Lipinski definition) is 0. The maximum atomic E-state index is 6.04. The van der Waals surface area contributed by atoms with Crippen molar-refractivity contribution in [2.75, 3.05) is 0 Å². The van der Waals surface area contributed by atoms with E-state index in [4.69, 9.17) is 11.6 Å². The van der Waals surface area contributed by atoms with E-state index in [1.54, 1.807) is 0 Å². The molecule has 19 heavy (non-hydrogen) atoms. The molecule has 92 valence electrons. The van der Waals surface area contributed by atoms with Gasteiger partial charge in [0.25, 0.3) is 0 Å². The first kappa shape index (κ1) is 11.9. The van der Waals surface area contributed by atoms with Crippen molar-refractivity contribution in [2.45, 2.75) is 0 Å². The van der Waals surface area contributed by atoms with Crippen molar-refractivity contribution in [2.24, 2.45) is 0 Å². The molecule has 0 saturated carbocycles. The highest BCUT2D eigenvalue weighted by Crippen LogP contribution is 2.31. The van der Waals surface area contributed by atoms with Crippen molar-refractivity contribution >= 4 is 11.6 Å². The predicted octanol–water partition coefficient (Wildman–Crippen LogP) is 5.07. The van der Waals surface area contributed by atoms with Gasteiger partial charge >= 0.3 is 0 Å². The van der Waals surface area contributed by atoms with E-state index in [0.717, 1.165) is 22.4 Å². The van der Waals surface area contributed by atoms with Gasteiger partial charge in [-0.2, -0.15) is 0 Å². The average Bonchev–Trinajstić information content (AvgIpc) is 2.49. The van der Waals surface area contributed by atoms with Gasteiger partial charge in [-0.15, -0.1) is 0 Å². The number of nitrogens with zero attached hydrogens (tertiary/aromatic N) is 1. The Kier molecular flexibility index (Phi) is 3.30. The third-order valence-electron chi connectivity index (χ3n) is 2.99. The number of benzene rings is 2. The van der Waals surface area contributed by atoms with Crippen LogP contribution in [0.15, 0.2) is 72.8 Å². The summed E-state index contributed by atoms with van der Waals surface area (Å²) in [7, 11) is 0. The molecular weight excluding hydrogens is 254 g/mol. The lowest BCUT2D eigenvalue weighted by molar-refractivity contribution is 1.32. The normalized spacial score (nSPS) is 10.4. The fourth-order valence-electron chi connectivity index (χ4n) is 2.10. The quantitative estimate of drug-likeness (QED) is 0.590. The van der Waals surface area contributed by atoms with Gasteiger partial charge in [-0.3, -0.25) is 0 Å². The van der Waals surface area contributed by atoms with Crippen LogP contribution >= 0.6 is 11.6 Å². The van der Waals surface area contributed by atoms with Crippen LogP contribution in [-0.4, -0.2) is 4.98 Å². The Morgan fingerprint density at radius 1 is 0.632 bits per heavy atom. The number of hydrogen-bond acceptors (Lipinski definition) is 1. The molecule has 3 rings (SSSR count). The van der Waals surface area contributed by atoms with Gasteiger partial charge in [0, 0.05) is 11.1 Å². The van der Waals surface area contributed by atoms with Gasteiger partial charge in [0.15, 0.2) is 0 Å². The molecule has 0 saturated heterocycles. The molecule has 0 fully saturated rings. The first-order valence-electron chi connectivity index (χ1n) is 6.12. The van der Waals surface area contributed by atoms with Crippen molar-refractivity contribution < 1.29 is 0 Å². The minimum Gasteiger partial charge on any atom is -0.235 e. The van der Waals surface area contributed by atoms with Crippen LogP contribution in [0.4, 0.5) is 0 Å². The minimum atomic E-state index is 0.513. The highest BCUT2D eigenvalue weighted by atomic mass is 35.5. The summed E-state index contributed by atoms with van der Waals surface area (Å²) < 4.78 is 0. The van der Waals surface area contributed by atoms with Crippen molar-refractivity contribution in [1.82, 2.24) is 4.98 Å². The van der Waals surface area contributed by atoms with Crippen LogP contribution in [0.2, 0.25) is 5.15 Å². The van der Waals surface area contributed by atoms with E-state index in [1.165, 1.54) is 0 Å². The molecule has 2 heteroatoms. The Morgan fingerprint density at radius 3 is 1.84 bits per heavy atom. The highest BCUT2D eigenvalue weighted by molar-refractivity contribution is 6.29. The smallest absolute Gasteiger partial charge is 0.129 e. The summed E-state index contributed by atoms with van der Waals surface area (Å²) >= 11 is 6.04. The summed E-state index contributed by atoms with van der Waals surface area (Å²) in [5.41, 5.74) is 4.23. The zero-order chi connectivity index (χ0) is 13.1. The lowest BCUT2D eigenvalue weighted by Gasteiger charge is -2.09. The lowest BCUT2D eigenvalue weighted by Crippen LogP contribution is -1.89. The fraction of sp³-hybridized carbons (Fsp3) is 0. The van der Waals surface area contributed by atoms with Crippen LogP contribution in [0.25, 0.3) is 22.4 Å². The number of pyridine rings is 1. The van der Waals surface area contributed by atoms with Crippen molar-refractivity contribution in [3.05, 3.63) is 77.9 Å². The van der Waals surface area contributed by atoms with E-state index in [-0.39, 0.29) is 0 Å². The summed E-state index contributed by atoms with van der Waals surface area (Å²) in [5, 5.41) is 0.513. The van der Waals surface area contributed by atoms with Crippen LogP contribution in [0.5, 0.6) is 0 Å². The fourth-order valence-corrected chi connectivity index (χ4v) is 2.25. The van der Waals surface area contributed by atoms with Gasteiger partial charge in [0.1, 0.15) is 5.15 Å². The van der Waals surface area contributed by atoms with Crippen molar-refractivity contribution in [3.8, 4) is 22.4 Å². The summed E-state index contributed by atoms with van der Waals surface area (Å²) in [6.45, 7) is 0. The predicted molar refractivity (Wildman–Crippen MR) is 80.1 cm³/mol. The third kappa shape index (κ3) is 2.51. The Morgan fingerprint density at radius 2 is 1.21 bits per heavy atom. The van der Waals surface area contributed by atoms with E-state index in [2.05, 4.69) is 17.1 Å². The highest BCUT2D eigenvalue weighted by Gasteiger charge is 2.09. The molecule has 2 aromatic carbocycles. The van der Waals surface area contributed by atoms with Gasteiger partial charge in [0.2, 0.25) is 0 Å². The van der Waals surface area contributed by atoms with Gasteiger partial charge in [-0.1, -0.05) is 72.3 Å². The standard InChI is InChI=1S/C17H12ClN/c18-16-12-11-15(13-7-3-1-4-8-13)17(19-16)14-9-5-2-6-10-14/h1-12H. The van der Waals surface area contributed by atoms with E-state index in [1.807, 2.05) is 60.7 Å². The van der Waals surface area contributed by atoms with Gasteiger partial charge in [0.05, 0.1) is 5.69 Å². The Balaban J connectivity index is 2.21. The van der Waals surface area contributed by atoms with Gasteiger partial charge in [-0.05, 0) is 17.7 Å². The molecular formula is C17H12ClN. The number of aromatic nitrogens is 1. The molecule has 0 aliphatic heterocycles. The first-order chi connectivity index (χ1) is 9.34. The maximum absolute atomic E-state index is 6.04. The molecule has 0 atom stereocenters. The monoisotopic (exact) mass is 265 g/mol. The van der Waals surface area contributed by atoms with E-state index in [0.29, 0.717) is 5.15 Å². The summed E-state index contributed by atoms with van der Waals surface area (Å²) in [6.07, 6.45) is 0. The third-order valence-corrected chi connectivity index (χ3v) is 3.20. The van der Waals surface area contributed by atoms with E-state index in [9.17, 15) is 0 Å². The lowest BCUT2D eigenvalue weighted by atomic mass is 10.00. The molecule has 0 spiro atoms. The van der Waals surface area contributed by atoms with Crippen LogP contribution in [0.1, 0.15) is 0 Å². The summed E-state index contributed by atoms with van der Waals surface area (Å²) in [4.78, 5) is 4.49. The van der Waals surface area contributed by atoms with Crippen LogP contribution in [0.3, 0.4) is 0 Å². The Hall–Kier alpha value is -2.12. The van der Waals surface area contributed by atoms with Crippen LogP contribution in [-0.2, 0) is 0 Å².